The fraction of sp³-hybridized carbons (Fsp3) is 0.276. The summed E-state index contributed by atoms with van der Waals surface area (Å²) in [6.07, 6.45) is 8.20. The van der Waals surface area contributed by atoms with E-state index in [0.717, 1.165) is 60.2 Å². The van der Waals surface area contributed by atoms with Crippen LogP contribution < -0.4 is 5.32 Å². The number of nitrogens with zero attached hydrogens (tertiary/aromatic N) is 3. The second-order valence-electron chi connectivity index (χ2n) is 9.62. The Labute approximate surface area is 205 Å². The number of carbonyl (C=O) groups excluding carboxylic acids is 1. The largest absolute Gasteiger partial charge is 0.329 e. The number of likely N-dealkylation sites (tertiary alicyclic amines) is 1. The number of pyridine rings is 1. The molecule has 35 heavy (non-hydrogen) atoms. The van der Waals surface area contributed by atoms with Crippen LogP contribution in [-0.2, 0) is 6.42 Å². The molecule has 2 aliphatic rings. The van der Waals surface area contributed by atoms with Gasteiger partial charge in [-0.15, -0.1) is 0 Å². The lowest BCUT2D eigenvalue weighted by atomic mass is 10.0. The fourth-order valence-electron chi connectivity index (χ4n) is 5.55. The van der Waals surface area contributed by atoms with Gasteiger partial charge in [-0.05, 0) is 86.2 Å². The van der Waals surface area contributed by atoms with Crippen molar-refractivity contribution in [3.8, 4) is 11.3 Å². The third kappa shape index (κ3) is 4.26. The fourth-order valence-corrected chi connectivity index (χ4v) is 5.55. The average molecular weight is 464 g/mol. The number of rotatable bonds is 4. The zero-order valence-corrected chi connectivity index (χ0v) is 19.9. The van der Waals surface area contributed by atoms with E-state index in [2.05, 4.69) is 49.7 Å². The number of fused-ring (bicyclic) bond motifs is 2. The number of piperidine rings is 1. The number of hydrogen-bond acceptors (Lipinski definition) is 4. The number of hydrogen-bond donors (Lipinski definition) is 2. The molecule has 6 rings (SSSR count). The maximum atomic E-state index is 13.0. The first-order chi connectivity index (χ1) is 17.2. The predicted octanol–water partition coefficient (Wildman–Crippen LogP) is 5.33. The van der Waals surface area contributed by atoms with Crippen molar-refractivity contribution in [2.75, 3.05) is 13.1 Å². The number of benzene rings is 2. The number of carbonyl (C=O) groups is 1. The van der Waals surface area contributed by atoms with Gasteiger partial charge in [0.05, 0.1) is 5.52 Å². The minimum Gasteiger partial charge on any atom is -0.329 e. The molecule has 6 heteroatoms. The van der Waals surface area contributed by atoms with Gasteiger partial charge >= 0.3 is 0 Å². The van der Waals surface area contributed by atoms with Crippen molar-refractivity contribution in [2.24, 2.45) is 0 Å². The topological polar surface area (TPSA) is 73.9 Å². The number of aromatic nitrogens is 3. The van der Waals surface area contributed by atoms with Gasteiger partial charge in [-0.25, -0.2) is 0 Å². The molecular formula is C29H29N5O. The first-order valence-corrected chi connectivity index (χ1v) is 12.4. The average Bonchev–Trinajstić information content (AvgIpc) is 3.51. The van der Waals surface area contributed by atoms with Gasteiger partial charge in [-0.1, -0.05) is 24.3 Å². The molecule has 2 aromatic heterocycles. The molecule has 2 aromatic carbocycles. The Hall–Kier alpha value is -3.77. The summed E-state index contributed by atoms with van der Waals surface area (Å²) in [5.74, 6) is -0.0965. The monoisotopic (exact) mass is 463 g/mol. The highest BCUT2D eigenvalue weighted by atomic mass is 16.1. The quantitative estimate of drug-likeness (QED) is 0.429. The molecule has 1 amide bonds. The Morgan fingerprint density at radius 1 is 1.14 bits per heavy atom. The smallest absolute Gasteiger partial charge is 0.255 e. The molecule has 3 heterocycles. The van der Waals surface area contributed by atoms with Crippen LogP contribution in [0.2, 0.25) is 0 Å². The summed E-state index contributed by atoms with van der Waals surface area (Å²) in [6.45, 7) is 3.98. The van der Waals surface area contributed by atoms with E-state index < -0.39 is 0 Å². The second-order valence-corrected chi connectivity index (χ2v) is 9.62. The van der Waals surface area contributed by atoms with Crippen LogP contribution in [0.15, 0.2) is 72.6 Å². The van der Waals surface area contributed by atoms with Gasteiger partial charge in [-0.3, -0.25) is 19.8 Å². The maximum Gasteiger partial charge on any atom is 0.255 e. The van der Waals surface area contributed by atoms with Crippen molar-refractivity contribution in [1.29, 1.82) is 0 Å². The Morgan fingerprint density at radius 2 is 2.06 bits per heavy atom. The summed E-state index contributed by atoms with van der Waals surface area (Å²) in [5.41, 5.74) is 8.53. The molecule has 0 bridgehead atoms. The Morgan fingerprint density at radius 3 is 2.97 bits per heavy atom. The van der Waals surface area contributed by atoms with Gasteiger partial charge in [0.15, 0.2) is 0 Å². The maximum absolute atomic E-state index is 13.0. The molecule has 4 aromatic rings. The second kappa shape index (κ2) is 9.12. The van der Waals surface area contributed by atoms with Crippen molar-refractivity contribution in [3.05, 3.63) is 95.0 Å². The van der Waals surface area contributed by atoms with Crippen molar-refractivity contribution in [2.45, 2.75) is 38.6 Å². The van der Waals surface area contributed by atoms with E-state index in [0.29, 0.717) is 11.6 Å². The third-order valence-corrected chi connectivity index (χ3v) is 7.29. The summed E-state index contributed by atoms with van der Waals surface area (Å²) in [5, 5.41) is 11.5. The number of aryl methyl sites for hydroxylation is 2. The van der Waals surface area contributed by atoms with E-state index in [1.807, 2.05) is 43.5 Å². The molecule has 176 valence electrons. The van der Waals surface area contributed by atoms with E-state index in [9.17, 15) is 4.79 Å². The summed E-state index contributed by atoms with van der Waals surface area (Å²) in [4.78, 5) is 19.9. The highest BCUT2D eigenvalue weighted by molar-refractivity contribution is 6.01. The molecule has 0 spiro atoms. The molecule has 1 saturated heterocycles. The van der Waals surface area contributed by atoms with Crippen LogP contribution in [0.1, 0.15) is 52.5 Å². The zero-order valence-electron chi connectivity index (χ0n) is 19.9. The zero-order chi connectivity index (χ0) is 23.8. The van der Waals surface area contributed by atoms with Gasteiger partial charge in [-0.2, -0.15) is 5.10 Å². The number of nitrogens with one attached hydrogen (secondary N) is 2. The molecule has 1 atom stereocenters. The highest BCUT2D eigenvalue weighted by Gasteiger charge is 2.29. The number of aromatic amines is 1. The molecule has 1 fully saturated rings. The van der Waals surface area contributed by atoms with Crippen LogP contribution >= 0.6 is 0 Å². The summed E-state index contributed by atoms with van der Waals surface area (Å²) in [7, 11) is 0. The standard InChI is InChI=1S/C29H29N5O/c1-19-15-22(12-13-30-19)28-25-16-23(8-10-26(25)32-33-28)29(35)31-17-20-5-4-14-34(18-20)27-11-9-21-6-2-3-7-24(21)27/h2-3,6-8,10,12-13,15-17,27H,4-5,9,11,14,18H2,1H3,(H,31,35)(H,32,33)/b20-17-. The first-order valence-electron chi connectivity index (χ1n) is 12.4. The van der Waals surface area contributed by atoms with Crippen molar-refractivity contribution >= 4 is 16.8 Å². The number of H-pyrrole nitrogens is 1. The Balaban J connectivity index is 1.18. The molecule has 0 saturated carbocycles. The molecule has 6 nitrogen and oxygen atoms in total. The van der Waals surface area contributed by atoms with Crippen molar-refractivity contribution in [3.63, 3.8) is 0 Å². The molecule has 1 aliphatic heterocycles. The lowest BCUT2D eigenvalue weighted by molar-refractivity contribution is 0.0969. The van der Waals surface area contributed by atoms with Gasteiger partial charge in [0.25, 0.3) is 5.91 Å². The summed E-state index contributed by atoms with van der Waals surface area (Å²) in [6, 6.07) is 18.9. The normalized spacial score (nSPS) is 19.2. The van der Waals surface area contributed by atoms with Gasteiger partial charge in [0.2, 0.25) is 0 Å². The third-order valence-electron chi connectivity index (χ3n) is 7.29. The summed E-state index contributed by atoms with van der Waals surface area (Å²) >= 11 is 0. The minimum absolute atomic E-state index is 0.0965. The number of amides is 1. The van der Waals surface area contributed by atoms with Crippen LogP contribution in [-0.4, -0.2) is 39.1 Å². The van der Waals surface area contributed by atoms with E-state index in [1.54, 1.807) is 6.20 Å². The minimum atomic E-state index is -0.0965. The summed E-state index contributed by atoms with van der Waals surface area (Å²) < 4.78 is 0. The van der Waals surface area contributed by atoms with E-state index in [-0.39, 0.29) is 5.91 Å². The first kappa shape index (κ1) is 21.7. The van der Waals surface area contributed by atoms with Crippen LogP contribution in [0.25, 0.3) is 22.2 Å². The van der Waals surface area contributed by atoms with Crippen LogP contribution in [0, 0.1) is 6.92 Å². The van der Waals surface area contributed by atoms with Crippen LogP contribution in [0.5, 0.6) is 0 Å². The lowest BCUT2D eigenvalue weighted by Gasteiger charge is -2.34. The predicted molar refractivity (Wildman–Crippen MR) is 138 cm³/mol. The Bertz CT molecular complexity index is 1440. The van der Waals surface area contributed by atoms with E-state index >= 15 is 0 Å². The molecule has 0 radical (unpaired) electrons. The molecular weight excluding hydrogens is 434 g/mol. The van der Waals surface area contributed by atoms with E-state index in [1.165, 1.54) is 23.1 Å². The lowest BCUT2D eigenvalue weighted by Crippen LogP contribution is -2.34. The van der Waals surface area contributed by atoms with Crippen LogP contribution in [0.3, 0.4) is 0 Å². The van der Waals surface area contributed by atoms with Gasteiger partial charge in [0.1, 0.15) is 5.69 Å². The Kier molecular flexibility index (Phi) is 5.66. The SMILES string of the molecule is Cc1cc(-c2n[nH]c3ccc(C(=O)N/C=C4/CCCN(C5CCc6ccccc65)C4)cc23)ccn1. The van der Waals surface area contributed by atoms with Crippen molar-refractivity contribution < 1.29 is 4.79 Å². The van der Waals surface area contributed by atoms with Crippen molar-refractivity contribution in [1.82, 2.24) is 25.4 Å². The van der Waals surface area contributed by atoms with Crippen LogP contribution in [0.4, 0.5) is 0 Å². The van der Waals surface area contributed by atoms with Gasteiger partial charge in [0, 0.05) is 47.2 Å². The molecule has 2 N–H and O–H groups in total. The molecule has 1 unspecified atom stereocenters. The molecule has 1 aliphatic carbocycles. The van der Waals surface area contributed by atoms with Gasteiger partial charge < -0.3 is 5.32 Å². The highest BCUT2D eigenvalue weighted by Crippen LogP contribution is 2.37. The van der Waals surface area contributed by atoms with E-state index in [4.69, 9.17) is 0 Å².